The topological polar surface area (TPSA) is 63.2 Å². The maximum absolute atomic E-state index is 13.2. The third-order valence-corrected chi connectivity index (χ3v) is 5.69. The molecule has 0 atom stereocenters. The highest BCUT2D eigenvalue weighted by atomic mass is 127. The Kier molecular flexibility index (Phi) is 7.65. The second-order valence-corrected chi connectivity index (χ2v) is 10.4. The summed E-state index contributed by atoms with van der Waals surface area (Å²) in [6.45, 7) is 0. The maximum Gasteiger partial charge on any atom is 0.276 e. The molecule has 3 aromatic carbocycles. The molecule has 158 valence electrons. The Morgan fingerprint density at radius 3 is 2.00 bits per heavy atom. The van der Waals surface area contributed by atoms with Gasteiger partial charge in [0.05, 0.1) is 5.69 Å². The minimum Gasteiger partial charge on any atom is -0.322 e. The second-order valence-electron chi connectivity index (χ2n) is 6.39. The lowest BCUT2D eigenvalue weighted by molar-refractivity contribution is -0.115. The predicted octanol–water partition coefficient (Wildman–Crippen LogP) is 6.72. The van der Waals surface area contributed by atoms with Crippen LogP contribution < -0.4 is 5.32 Å². The molecule has 0 aliphatic carbocycles. The molecule has 0 heterocycles. The highest BCUT2D eigenvalue weighted by Crippen LogP contribution is 2.30. The number of benzene rings is 3. The molecule has 0 unspecified atom stereocenters. The van der Waals surface area contributed by atoms with E-state index in [2.05, 4.69) is 27.9 Å². The number of anilines is 1. The van der Waals surface area contributed by atoms with Crippen LogP contribution >= 0.6 is 69.0 Å². The molecular formula is C22H12Cl4INO3. The van der Waals surface area contributed by atoms with Crippen molar-refractivity contribution in [2.24, 2.45) is 0 Å². The fourth-order valence-corrected chi connectivity index (χ4v) is 3.42. The standard InChI is InChI=1S/C22H12Cl4INO3/c23-15-3-1-2-13(10-15)20(30)17-11-14(19(29)12-4-7-16(27)8-5-12)6-9-18(17)28-21(31)22(24,25)26/h1-11H,(H,28,31). The fourth-order valence-electron chi connectivity index (χ4n) is 2.73. The Labute approximate surface area is 212 Å². The van der Waals surface area contributed by atoms with Crippen molar-refractivity contribution in [3.8, 4) is 0 Å². The van der Waals surface area contributed by atoms with Crippen LogP contribution in [0.25, 0.3) is 0 Å². The number of amides is 1. The van der Waals surface area contributed by atoms with Gasteiger partial charge in [0.1, 0.15) is 0 Å². The van der Waals surface area contributed by atoms with Crippen molar-refractivity contribution in [3.05, 3.63) is 97.6 Å². The normalized spacial score (nSPS) is 11.1. The summed E-state index contributed by atoms with van der Waals surface area (Å²) in [4.78, 5) is 38.3. The van der Waals surface area contributed by atoms with Crippen molar-refractivity contribution in [2.75, 3.05) is 5.32 Å². The van der Waals surface area contributed by atoms with Gasteiger partial charge in [-0.3, -0.25) is 14.4 Å². The Balaban J connectivity index is 2.07. The molecule has 0 fully saturated rings. The molecule has 0 aliphatic heterocycles. The summed E-state index contributed by atoms with van der Waals surface area (Å²) >= 11 is 25.1. The van der Waals surface area contributed by atoms with Gasteiger partial charge in [0.2, 0.25) is 0 Å². The van der Waals surface area contributed by atoms with Gasteiger partial charge in [0.15, 0.2) is 11.6 Å². The summed E-state index contributed by atoms with van der Waals surface area (Å²) in [6, 6.07) is 17.6. The number of halogens is 5. The summed E-state index contributed by atoms with van der Waals surface area (Å²) in [6.07, 6.45) is 0. The summed E-state index contributed by atoms with van der Waals surface area (Å²) in [5, 5.41) is 2.79. The second kappa shape index (κ2) is 9.88. The summed E-state index contributed by atoms with van der Waals surface area (Å²) in [5.74, 6) is -1.68. The van der Waals surface area contributed by atoms with E-state index in [-0.39, 0.29) is 28.2 Å². The van der Waals surface area contributed by atoms with Crippen molar-refractivity contribution in [1.29, 1.82) is 0 Å². The van der Waals surface area contributed by atoms with Crippen LogP contribution in [-0.2, 0) is 4.79 Å². The van der Waals surface area contributed by atoms with Gasteiger partial charge in [0, 0.05) is 30.8 Å². The summed E-state index contributed by atoms with van der Waals surface area (Å²) in [7, 11) is 0. The Hall–Kier alpha value is -1.64. The van der Waals surface area contributed by atoms with Crippen molar-refractivity contribution in [3.63, 3.8) is 0 Å². The van der Waals surface area contributed by atoms with E-state index in [9.17, 15) is 14.4 Å². The lowest BCUT2D eigenvalue weighted by atomic mass is 9.96. The molecule has 3 rings (SSSR count). The van der Waals surface area contributed by atoms with E-state index in [0.29, 0.717) is 10.6 Å². The zero-order valence-corrected chi connectivity index (χ0v) is 20.6. The molecule has 1 amide bonds. The van der Waals surface area contributed by atoms with E-state index in [1.54, 1.807) is 42.5 Å². The SMILES string of the molecule is O=C(c1ccc(I)cc1)c1ccc(NC(=O)C(Cl)(Cl)Cl)c(C(=O)c2cccc(Cl)c2)c1. The van der Waals surface area contributed by atoms with Gasteiger partial charge >= 0.3 is 0 Å². The molecule has 0 radical (unpaired) electrons. The molecule has 0 aliphatic rings. The molecule has 31 heavy (non-hydrogen) atoms. The van der Waals surface area contributed by atoms with Crippen LogP contribution in [0.1, 0.15) is 31.8 Å². The van der Waals surface area contributed by atoms with Gasteiger partial charge in [-0.1, -0.05) is 58.5 Å². The molecular weight excluding hydrogens is 595 g/mol. The lowest BCUT2D eigenvalue weighted by Gasteiger charge is -2.15. The first kappa shape index (κ1) is 24.0. The van der Waals surface area contributed by atoms with E-state index in [1.165, 1.54) is 24.3 Å². The minimum absolute atomic E-state index is 0.0567. The zero-order chi connectivity index (χ0) is 22.8. The van der Waals surface area contributed by atoms with Gasteiger partial charge in [-0.15, -0.1) is 0 Å². The molecule has 0 saturated carbocycles. The first-order chi connectivity index (χ1) is 14.6. The Morgan fingerprint density at radius 1 is 0.774 bits per heavy atom. The average Bonchev–Trinajstić information content (AvgIpc) is 2.73. The molecule has 9 heteroatoms. The predicted molar refractivity (Wildman–Crippen MR) is 133 cm³/mol. The van der Waals surface area contributed by atoms with Crippen molar-refractivity contribution >= 4 is 92.2 Å². The fraction of sp³-hybridized carbons (Fsp3) is 0.0455. The third-order valence-electron chi connectivity index (χ3n) is 4.23. The zero-order valence-electron chi connectivity index (χ0n) is 15.5. The molecule has 3 aromatic rings. The van der Waals surface area contributed by atoms with Gasteiger partial charge in [0.25, 0.3) is 9.70 Å². The quantitative estimate of drug-likeness (QED) is 0.199. The molecule has 0 aromatic heterocycles. The first-order valence-electron chi connectivity index (χ1n) is 8.69. The number of ketones is 2. The molecule has 0 saturated heterocycles. The average molecular weight is 607 g/mol. The molecule has 4 nitrogen and oxygen atoms in total. The van der Waals surface area contributed by atoms with E-state index >= 15 is 0 Å². The van der Waals surface area contributed by atoms with Gasteiger partial charge in [-0.05, 0) is 77.2 Å². The number of rotatable bonds is 5. The van der Waals surface area contributed by atoms with Crippen LogP contribution in [0.5, 0.6) is 0 Å². The number of carbonyl (C=O) groups is 3. The number of hydrogen-bond donors (Lipinski definition) is 1. The monoisotopic (exact) mass is 605 g/mol. The van der Waals surface area contributed by atoms with Gasteiger partial charge < -0.3 is 5.32 Å². The molecule has 1 N–H and O–H groups in total. The van der Waals surface area contributed by atoms with Crippen LogP contribution in [0, 0.1) is 3.57 Å². The number of hydrogen-bond acceptors (Lipinski definition) is 3. The molecule has 0 spiro atoms. The van der Waals surface area contributed by atoms with Crippen LogP contribution in [0.3, 0.4) is 0 Å². The minimum atomic E-state index is -2.23. The molecule has 0 bridgehead atoms. The van der Waals surface area contributed by atoms with E-state index in [1.807, 2.05) is 0 Å². The van der Waals surface area contributed by atoms with Crippen molar-refractivity contribution in [2.45, 2.75) is 3.79 Å². The van der Waals surface area contributed by atoms with Crippen LogP contribution in [0.15, 0.2) is 66.7 Å². The van der Waals surface area contributed by atoms with E-state index in [4.69, 9.17) is 46.4 Å². The third kappa shape index (κ3) is 5.99. The van der Waals surface area contributed by atoms with Gasteiger partial charge in [-0.2, -0.15) is 0 Å². The van der Waals surface area contributed by atoms with Gasteiger partial charge in [-0.25, -0.2) is 0 Å². The maximum atomic E-state index is 13.2. The smallest absolute Gasteiger partial charge is 0.276 e. The number of nitrogens with one attached hydrogen (secondary N) is 1. The van der Waals surface area contributed by atoms with Crippen molar-refractivity contribution < 1.29 is 14.4 Å². The largest absolute Gasteiger partial charge is 0.322 e. The van der Waals surface area contributed by atoms with E-state index in [0.717, 1.165) is 3.57 Å². The summed E-state index contributed by atoms with van der Waals surface area (Å²) in [5.41, 5.74) is 1.15. The summed E-state index contributed by atoms with van der Waals surface area (Å²) < 4.78 is -1.25. The Bertz CT molecular complexity index is 1170. The van der Waals surface area contributed by atoms with Crippen LogP contribution in [-0.4, -0.2) is 21.3 Å². The van der Waals surface area contributed by atoms with Crippen molar-refractivity contribution in [1.82, 2.24) is 0 Å². The highest BCUT2D eigenvalue weighted by molar-refractivity contribution is 14.1. The number of alkyl halides is 3. The van der Waals surface area contributed by atoms with Crippen LogP contribution in [0.2, 0.25) is 5.02 Å². The van der Waals surface area contributed by atoms with Crippen LogP contribution in [0.4, 0.5) is 5.69 Å². The van der Waals surface area contributed by atoms with E-state index < -0.39 is 15.5 Å². The number of carbonyl (C=O) groups excluding carboxylic acids is 3. The Morgan fingerprint density at radius 2 is 1.39 bits per heavy atom. The first-order valence-corrected chi connectivity index (χ1v) is 11.3. The lowest BCUT2D eigenvalue weighted by Crippen LogP contribution is -2.28. The highest BCUT2D eigenvalue weighted by Gasteiger charge is 2.31.